The van der Waals surface area contributed by atoms with Crippen molar-refractivity contribution in [1.82, 2.24) is 15.1 Å². The molecule has 7 heteroatoms. The van der Waals surface area contributed by atoms with Gasteiger partial charge in [0.25, 0.3) is 11.5 Å². The Labute approximate surface area is 152 Å². The van der Waals surface area contributed by atoms with Crippen molar-refractivity contribution in [2.45, 2.75) is 27.7 Å². The third kappa shape index (κ3) is 4.91. The van der Waals surface area contributed by atoms with Gasteiger partial charge in [-0.2, -0.15) is 5.10 Å². The smallest absolute Gasteiger partial charge is 0.359 e. The standard InChI is InChI=1S/C19H25N3O4/c1-12(2)9-22(10-13(3)4)16(23)11-26-19(25)17-14-7-5-6-8-15(14)18(24)21-20-17/h5-8,12-13H,9-11H2,1-4H3,(H,21,24). The molecule has 140 valence electrons. The van der Waals surface area contributed by atoms with Crippen LogP contribution in [0, 0.1) is 11.8 Å². The highest BCUT2D eigenvalue weighted by molar-refractivity contribution is 6.02. The molecule has 7 nitrogen and oxygen atoms in total. The monoisotopic (exact) mass is 359 g/mol. The molecule has 1 heterocycles. The van der Waals surface area contributed by atoms with Crippen LogP contribution in [-0.4, -0.2) is 46.7 Å². The Morgan fingerprint density at radius 2 is 1.65 bits per heavy atom. The molecule has 1 aromatic heterocycles. The zero-order valence-electron chi connectivity index (χ0n) is 15.6. The number of aromatic nitrogens is 2. The van der Waals surface area contributed by atoms with Gasteiger partial charge < -0.3 is 9.64 Å². The van der Waals surface area contributed by atoms with Crippen LogP contribution < -0.4 is 5.56 Å². The summed E-state index contributed by atoms with van der Waals surface area (Å²) in [5.41, 5.74) is -0.388. The number of nitrogens with zero attached hydrogens (tertiary/aromatic N) is 2. The van der Waals surface area contributed by atoms with E-state index in [1.165, 1.54) is 0 Å². The highest BCUT2D eigenvalue weighted by atomic mass is 16.5. The van der Waals surface area contributed by atoms with Crippen LogP contribution >= 0.6 is 0 Å². The minimum atomic E-state index is -0.736. The Bertz CT molecular complexity index is 832. The summed E-state index contributed by atoms with van der Waals surface area (Å²) in [5, 5.41) is 6.82. The second-order valence-electron chi connectivity index (χ2n) is 7.11. The summed E-state index contributed by atoms with van der Waals surface area (Å²) in [6.07, 6.45) is 0. The maximum absolute atomic E-state index is 12.4. The number of hydrogen-bond acceptors (Lipinski definition) is 5. The molecule has 1 amide bonds. The van der Waals surface area contributed by atoms with Crippen LogP contribution in [0.2, 0.25) is 0 Å². The fraction of sp³-hybridized carbons (Fsp3) is 0.474. The van der Waals surface area contributed by atoms with E-state index >= 15 is 0 Å². The molecule has 1 N–H and O–H groups in total. The largest absolute Gasteiger partial charge is 0.451 e. The maximum atomic E-state index is 12.4. The van der Waals surface area contributed by atoms with E-state index in [1.807, 2.05) is 27.7 Å². The fourth-order valence-corrected chi connectivity index (χ4v) is 2.72. The first-order chi connectivity index (χ1) is 12.3. The molecule has 0 aliphatic rings. The number of hydrogen-bond donors (Lipinski definition) is 1. The van der Waals surface area contributed by atoms with Gasteiger partial charge >= 0.3 is 5.97 Å². The van der Waals surface area contributed by atoms with Crippen molar-refractivity contribution >= 4 is 22.6 Å². The molecule has 0 unspecified atom stereocenters. The second-order valence-corrected chi connectivity index (χ2v) is 7.11. The highest BCUT2D eigenvalue weighted by Gasteiger charge is 2.20. The number of amides is 1. The topological polar surface area (TPSA) is 92.4 Å². The first kappa shape index (κ1) is 19.6. The lowest BCUT2D eigenvalue weighted by molar-refractivity contribution is -0.135. The van der Waals surface area contributed by atoms with Crippen LogP contribution in [0.4, 0.5) is 0 Å². The van der Waals surface area contributed by atoms with Gasteiger partial charge in [0, 0.05) is 18.5 Å². The minimum absolute atomic E-state index is 0.00716. The van der Waals surface area contributed by atoms with Crippen molar-refractivity contribution in [1.29, 1.82) is 0 Å². The number of carbonyl (C=O) groups is 2. The molecular formula is C19H25N3O4. The first-order valence-corrected chi connectivity index (χ1v) is 8.72. The van der Waals surface area contributed by atoms with Gasteiger partial charge in [0.2, 0.25) is 0 Å². The summed E-state index contributed by atoms with van der Waals surface area (Å²) in [5.74, 6) is -0.342. The van der Waals surface area contributed by atoms with Crippen molar-refractivity contribution in [3.8, 4) is 0 Å². The Kier molecular flexibility index (Phi) is 6.49. The van der Waals surface area contributed by atoms with E-state index in [4.69, 9.17) is 4.74 Å². The fourth-order valence-electron chi connectivity index (χ4n) is 2.72. The zero-order chi connectivity index (χ0) is 19.3. The molecule has 0 spiro atoms. The number of carbonyl (C=O) groups excluding carboxylic acids is 2. The number of H-pyrrole nitrogens is 1. The molecule has 0 fully saturated rings. The van der Waals surface area contributed by atoms with Crippen molar-refractivity contribution in [3.63, 3.8) is 0 Å². The van der Waals surface area contributed by atoms with Crippen molar-refractivity contribution in [3.05, 3.63) is 40.3 Å². The average Bonchev–Trinajstić information content (AvgIpc) is 2.58. The first-order valence-electron chi connectivity index (χ1n) is 8.72. The number of nitrogens with one attached hydrogen (secondary N) is 1. The van der Waals surface area contributed by atoms with E-state index in [1.54, 1.807) is 29.2 Å². The molecule has 0 saturated heterocycles. The molecular weight excluding hydrogens is 334 g/mol. The Morgan fingerprint density at radius 3 is 2.23 bits per heavy atom. The predicted molar refractivity (Wildman–Crippen MR) is 98.9 cm³/mol. The highest BCUT2D eigenvalue weighted by Crippen LogP contribution is 2.13. The molecule has 0 aliphatic heterocycles. The molecule has 26 heavy (non-hydrogen) atoms. The van der Waals surface area contributed by atoms with Crippen LogP contribution in [0.15, 0.2) is 29.1 Å². The molecule has 2 aromatic rings. The third-order valence-corrected chi connectivity index (χ3v) is 3.74. The normalized spacial score (nSPS) is 11.2. The van der Waals surface area contributed by atoms with E-state index in [-0.39, 0.29) is 23.8 Å². The van der Waals surface area contributed by atoms with Gasteiger partial charge in [-0.1, -0.05) is 45.9 Å². The van der Waals surface area contributed by atoms with Gasteiger partial charge in [-0.15, -0.1) is 0 Å². The summed E-state index contributed by atoms with van der Waals surface area (Å²) in [4.78, 5) is 38.3. The lowest BCUT2D eigenvalue weighted by atomic mass is 10.1. The molecule has 0 atom stereocenters. The number of rotatable bonds is 7. The van der Waals surface area contributed by atoms with E-state index in [0.717, 1.165) is 0 Å². The van der Waals surface area contributed by atoms with E-state index in [0.29, 0.717) is 35.7 Å². The van der Waals surface area contributed by atoms with Gasteiger partial charge in [0.1, 0.15) is 0 Å². The second kappa shape index (κ2) is 8.60. The summed E-state index contributed by atoms with van der Waals surface area (Å²) >= 11 is 0. The van der Waals surface area contributed by atoms with Crippen molar-refractivity contribution in [2.24, 2.45) is 11.8 Å². The summed E-state index contributed by atoms with van der Waals surface area (Å²) in [7, 11) is 0. The van der Waals surface area contributed by atoms with Crippen LogP contribution in [-0.2, 0) is 9.53 Å². The maximum Gasteiger partial charge on any atom is 0.359 e. The van der Waals surface area contributed by atoms with Gasteiger partial charge in [-0.3, -0.25) is 9.59 Å². The average molecular weight is 359 g/mol. The summed E-state index contributed by atoms with van der Waals surface area (Å²) < 4.78 is 5.17. The lowest BCUT2D eigenvalue weighted by Crippen LogP contribution is -2.39. The van der Waals surface area contributed by atoms with Crippen LogP contribution in [0.5, 0.6) is 0 Å². The predicted octanol–water partition coefficient (Wildman–Crippen LogP) is 2.22. The molecule has 0 radical (unpaired) electrons. The Morgan fingerprint density at radius 1 is 1.08 bits per heavy atom. The van der Waals surface area contributed by atoms with Crippen molar-refractivity contribution < 1.29 is 14.3 Å². The zero-order valence-corrected chi connectivity index (χ0v) is 15.6. The molecule has 2 rings (SSSR count). The number of ether oxygens (including phenoxy) is 1. The number of benzene rings is 1. The van der Waals surface area contributed by atoms with Crippen LogP contribution in [0.25, 0.3) is 10.8 Å². The van der Waals surface area contributed by atoms with Gasteiger partial charge in [-0.25, -0.2) is 9.89 Å². The van der Waals surface area contributed by atoms with Gasteiger partial charge in [-0.05, 0) is 17.9 Å². The molecule has 0 bridgehead atoms. The van der Waals surface area contributed by atoms with Crippen LogP contribution in [0.1, 0.15) is 38.2 Å². The van der Waals surface area contributed by atoms with E-state index in [9.17, 15) is 14.4 Å². The van der Waals surface area contributed by atoms with Crippen LogP contribution in [0.3, 0.4) is 0 Å². The summed E-state index contributed by atoms with van der Waals surface area (Å²) in [6.45, 7) is 8.98. The number of fused-ring (bicyclic) bond motifs is 1. The van der Waals surface area contributed by atoms with E-state index < -0.39 is 5.97 Å². The van der Waals surface area contributed by atoms with E-state index in [2.05, 4.69) is 10.2 Å². The minimum Gasteiger partial charge on any atom is -0.451 e. The lowest BCUT2D eigenvalue weighted by Gasteiger charge is -2.26. The molecule has 0 aliphatic carbocycles. The molecule has 0 saturated carbocycles. The quantitative estimate of drug-likeness (QED) is 0.765. The molecule has 1 aromatic carbocycles. The Hall–Kier alpha value is -2.70. The SMILES string of the molecule is CC(C)CN(CC(C)C)C(=O)COC(=O)c1n[nH]c(=O)c2ccccc12. The third-order valence-electron chi connectivity index (χ3n) is 3.74. The number of aromatic amines is 1. The van der Waals surface area contributed by atoms with Crippen molar-refractivity contribution in [2.75, 3.05) is 19.7 Å². The van der Waals surface area contributed by atoms with Gasteiger partial charge in [0.05, 0.1) is 5.39 Å². The summed E-state index contributed by atoms with van der Waals surface area (Å²) in [6, 6.07) is 6.63. The Balaban J connectivity index is 2.11. The number of esters is 1. The van der Waals surface area contributed by atoms with Gasteiger partial charge in [0.15, 0.2) is 12.3 Å².